The molecule has 0 saturated heterocycles. The van der Waals surface area contributed by atoms with Crippen molar-refractivity contribution in [3.63, 3.8) is 0 Å². The summed E-state index contributed by atoms with van der Waals surface area (Å²) in [7, 11) is 0. The molecule has 2 aromatic rings. The van der Waals surface area contributed by atoms with E-state index in [9.17, 15) is 14.3 Å². The van der Waals surface area contributed by atoms with Crippen molar-refractivity contribution < 1.29 is 14.3 Å². The van der Waals surface area contributed by atoms with Crippen LogP contribution in [-0.2, 0) is 4.79 Å². The Kier molecular flexibility index (Phi) is 6.08. The van der Waals surface area contributed by atoms with Crippen LogP contribution in [0.15, 0.2) is 29.8 Å². The fourth-order valence-corrected chi connectivity index (χ4v) is 9.07. The second-order valence-corrected chi connectivity index (χ2v) is 12.1. The predicted octanol–water partition coefficient (Wildman–Crippen LogP) is 5.65. The minimum Gasteiger partial charge on any atom is -0.393 e. The SMILES string of the molecule is Cc1nn(-c2ccc(F)cc2)c2c1C(C)[C@H]1C(=C2)CC[C@H]2[C@H]3CCC(C(=O)SCC#N)[C@@H]3CC(O)[C@@H]21. The predicted molar refractivity (Wildman–Crippen MR) is 138 cm³/mol. The number of thioether (sulfide) groups is 1. The highest BCUT2D eigenvalue weighted by Gasteiger charge is 2.56. The molecule has 3 unspecified atom stereocenters. The van der Waals surface area contributed by atoms with E-state index in [0.717, 1.165) is 54.5 Å². The van der Waals surface area contributed by atoms with Gasteiger partial charge >= 0.3 is 0 Å². The van der Waals surface area contributed by atoms with Crippen LogP contribution in [0.3, 0.4) is 0 Å². The second-order valence-electron chi connectivity index (χ2n) is 11.2. The normalized spacial score (nSPS) is 34.6. The number of nitriles is 1. The molecule has 3 fully saturated rings. The highest BCUT2D eigenvalue weighted by Crippen LogP contribution is 2.61. The first kappa shape index (κ1) is 23.9. The molecule has 0 radical (unpaired) electrons. The van der Waals surface area contributed by atoms with Crippen LogP contribution in [0.1, 0.15) is 61.9 Å². The quantitative estimate of drug-likeness (QED) is 0.583. The molecule has 6 rings (SSSR count). The molecule has 0 bridgehead atoms. The van der Waals surface area contributed by atoms with Crippen molar-refractivity contribution >= 4 is 23.0 Å². The van der Waals surface area contributed by atoms with Gasteiger partial charge in [-0.2, -0.15) is 10.4 Å². The van der Waals surface area contributed by atoms with Gasteiger partial charge in [0, 0.05) is 11.5 Å². The minimum absolute atomic E-state index is 0.0209. The molecule has 0 amide bonds. The third kappa shape index (κ3) is 3.68. The first-order valence-electron chi connectivity index (χ1n) is 13.2. The first-order chi connectivity index (χ1) is 17.4. The number of rotatable bonds is 3. The zero-order valence-electron chi connectivity index (χ0n) is 20.7. The number of benzene rings is 1. The van der Waals surface area contributed by atoms with Crippen LogP contribution in [0.5, 0.6) is 0 Å². The lowest BCUT2D eigenvalue weighted by Crippen LogP contribution is -2.50. The van der Waals surface area contributed by atoms with Gasteiger partial charge in [-0.1, -0.05) is 24.3 Å². The number of hydrogen-bond acceptors (Lipinski definition) is 5. The van der Waals surface area contributed by atoms with Crippen molar-refractivity contribution in [2.75, 3.05) is 5.75 Å². The summed E-state index contributed by atoms with van der Waals surface area (Å²) >= 11 is 1.15. The summed E-state index contributed by atoms with van der Waals surface area (Å²) in [6.07, 6.45) is 6.54. The average molecular weight is 506 g/mol. The van der Waals surface area contributed by atoms with Crippen molar-refractivity contribution in [2.24, 2.45) is 35.5 Å². The van der Waals surface area contributed by atoms with Gasteiger partial charge in [0.05, 0.1) is 35.0 Å². The number of allylic oxidation sites excluding steroid dienone is 1. The van der Waals surface area contributed by atoms with Gasteiger partial charge in [0.1, 0.15) is 5.82 Å². The summed E-state index contributed by atoms with van der Waals surface area (Å²) in [5.74, 6) is 1.79. The highest BCUT2D eigenvalue weighted by atomic mass is 32.2. The van der Waals surface area contributed by atoms with Crippen molar-refractivity contribution in [3.05, 3.63) is 52.6 Å². The summed E-state index contributed by atoms with van der Waals surface area (Å²) in [6.45, 7) is 4.33. The molecule has 3 saturated carbocycles. The van der Waals surface area contributed by atoms with Crippen molar-refractivity contribution in [3.8, 4) is 11.8 Å². The number of carbonyl (C=O) groups excluding carboxylic acids is 1. The molecule has 0 spiro atoms. The molecule has 36 heavy (non-hydrogen) atoms. The smallest absolute Gasteiger partial charge is 0.193 e. The summed E-state index contributed by atoms with van der Waals surface area (Å²) in [4.78, 5) is 12.8. The van der Waals surface area contributed by atoms with Gasteiger partial charge in [-0.25, -0.2) is 9.07 Å². The van der Waals surface area contributed by atoms with Gasteiger partial charge in [0.25, 0.3) is 0 Å². The van der Waals surface area contributed by atoms with E-state index in [2.05, 4.69) is 19.1 Å². The fourth-order valence-electron chi connectivity index (χ4n) is 8.35. The van der Waals surface area contributed by atoms with Crippen LogP contribution >= 0.6 is 11.8 Å². The van der Waals surface area contributed by atoms with Crippen molar-refractivity contribution in [1.29, 1.82) is 5.26 Å². The van der Waals surface area contributed by atoms with E-state index in [4.69, 9.17) is 10.4 Å². The molecule has 1 aromatic heterocycles. The maximum atomic E-state index is 13.5. The summed E-state index contributed by atoms with van der Waals surface area (Å²) in [5.41, 5.74) is 5.56. The Morgan fingerprint density at radius 1 is 1.22 bits per heavy atom. The summed E-state index contributed by atoms with van der Waals surface area (Å²) in [6, 6.07) is 8.56. The third-order valence-electron chi connectivity index (χ3n) is 9.60. The molecule has 7 heteroatoms. The van der Waals surface area contributed by atoms with Crippen LogP contribution in [0.25, 0.3) is 11.8 Å². The first-order valence-corrected chi connectivity index (χ1v) is 14.1. The van der Waals surface area contributed by atoms with Crippen molar-refractivity contribution in [2.45, 2.75) is 58.0 Å². The maximum absolute atomic E-state index is 13.5. The highest BCUT2D eigenvalue weighted by molar-refractivity contribution is 8.13. The molecule has 1 N–H and O–H groups in total. The monoisotopic (exact) mass is 505 g/mol. The van der Waals surface area contributed by atoms with Gasteiger partial charge in [-0.15, -0.1) is 0 Å². The zero-order chi connectivity index (χ0) is 25.1. The van der Waals surface area contributed by atoms with E-state index in [1.807, 2.05) is 11.6 Å². The van der Waals surface area contributed by atoms with Crippen LogP contribution in [-0.4, -0.2) is 31.9 Å². The number of nitrogens with zero attached hydrogens (tertiary/aromatic N) is 3. The lowest BCUT2D eigenvalue weighted by atomic mass is 9.52. The molecule has 0 aliphatic heterocycles. The van der Waals surface area contributed by atoms with Gasteiger partial charge in [-0.05, 0) is 105 Å². The summed E-state index contributed by atoms with van der Waals surface area (Å²) in [5, 5.41) is 25.5. The molecule has 4 aliphatic carbocycles. The Bertz CT molecular complexity index is 1260. The molecule has 1 aromatic carbocycles. The lowest BCUT2D eigenvalue weighted by molar-refractivity contribution is -0.118. The molecule has 8 atom stereocenters. The number of hydrogen-bond donors (Lipinski definition) is 1. The standard InChI is InChI=1S/C29H32FN3O2S/c1-15-26-16(2)32-33(19-6-4-18(30)5-7-19)24(26)13-17-3-8-21-20-9-10-22(29(35)36-12-11-31)23(20)14-25(34)28(21)27(15)17/h4-7,13,15,20-23,25,27-28,34H,3,8-10,12,14H2,1-2H3/t15?,20-,21+,22?,23-,25?,27+,28-/m1/s1. The van der Waals surface area contributed by atoms with E-state index >= 15 is 0 Å². The molecule has 1 heterocycles. The lowest BCUT2D eigenvalue weighted by Gasteiger charge is -2.53. The average Bonchev–Trinajstić information content (AvgIpc) is 3.44. The number of aliphatic hydroxyl groups excluding tert-OH is 1. The van der Waals surface area contributed by atoms with E-state index in [1.165, 1.54) is 23.3 Å². The topological polar surface area (TPSA) is 78.9 Å². The molecule has 188 valence electrons. The number of aryl methyl sites for hydroxylation is 1. The Labute approximate surface area is 215 Å². The van der Waals surface area contributed by atoms with Crippen LogP contribution in [0.2, 0.25) is 0 Å². The van der Waals surface area contributed by atoms with E-state index in [0.29, 0.717) is 18.3 Å². The number of aromatic nitrogens is 2. The Morgan fingerprint density at radius 3 is 2.75 bits per heavy atom. The number of halogens is 1. The third-order valence-corrected chi connectivity index (χ3v) is 10.5. The van der Waals surface area contributed by atoms with Gasteiger partial charge < -0.3 is 5.11 Å². The fraction of sp³-hybridized carbons (Fsp3) is 0.552. The van der Waals surface area contributed by atoms with E-state index in [1.54, 1.807) is 12.1 Å². The van der Waals surface area contributed by atoms with Gasteiger partial charge in [0.2, 0.25) is 0 Å². The van der Waals surface area contributed by atoms with E-state index < -0.39 is 6.10 Å². The number of aliphatic hydroxyl groups is 1. The zero-order valence-corrected chi connectivity index (χ0v) is 21.5. The van der Waals surface area contributed by atoms with E-state index in [-0.39, 0.29) is 46.3 Å². The van der Waals surface area contributed by atoms with Gasteiger partial charge in [-0.3, -0.25) is 4.79 Å². The van der Waals surface area contributed by atoms with Gasteiger partial charge in [0.15, 0.2) is 5.12 Å². The van der Waals surface area contributed by atoms with Crippen LogP contribution in [0, 0.1) is 59.6 Å². The molecular weight excluding hydrogens is 473 g/mol. The Balaban J connectivity index is 1.31. The largest absolute Gasteiger partial charge is 0.393 e. The molecule has 4 aliphatic rings. The van der Waals surface area contributed by atoms with Crippen LogP contribution in [0.4, 0.5) is 4.39 Å². The second kappa shape index (κ2) is 9.15. The van der Waals surface area contributed by atoms with Crippen molar-refractivity contribution in [1.82, 2.24) is 9.78 Å². The Morgan fingerprint density at radius 2 is 2.00 bits per heavy atom. The number of fused-ring (bicyclic) bond motifs is 6. The molecule has 5 nitrogen and oxygen atoms in total. The summed E-state index contributed by atoms with van der Waals surface area (Å²) < 4.78 is 15.5. The molecular formula is C29H32FN3O2S. The maximum Gasteiger partial charge on any atom is 0.193 e. The minimum atomic E-state index is -0.421. The Hall–Kier alpha value is -2.43. The van der Waals surface area contributed by atoms with Crippen LogP contribution < -0.4 is 0 Å². The number of carbonyl (C=O) groups is 1.